The van der Waals surface area contributed by atoms with Crippen LogP contribution in [0.5, 0.6) is 0 Å². The number of carboxylic acids is 1. The molecule has 86 valence electrons. The third-order valence-electron chi connectivity index (χ3n) is 3.60. The highest BCUT2D eigenvalue weighted by Gasteiger charge is 2.30. The van der Waals surface area contributed by atoms with Crippen LogP contribution in [0.4, 0.5) is 0 Å². The molecular formula is C12H16N2O2. The molecule has 0 atom stereocenters. The van der Waals surface area contributed by atoms with E-state index in [1.54, 1.807) is 0 Å². The van der Waals surface area contributed by atoms with Crippen molar-refractivity contribution in [3.8, 4) is 0 Å². The van der Waals surface area contributed by atoms with Crippen molar-refractivity contribution in [2.24, 2.45) is 0 Å². The van der Waals surface area contributed by atoms with Crippen LogP contribution in [0.25, 0.3) is 0 Å². The van der Waals surface area contributed by atoms with Crippen molar-refractivity contribution >= 4 is 5.97 Å². The second-order valence-electron chi connectivity index (χ2n) is 4.92. The molecule has 2 saturated carbocycles. The molecule has 16 heavy (non-hydrogen) atoms. The van der Waals surface area contributed by atoms with Crippen LogP contribution in [-0.2, 0) is 11.2 Å². The average molecular weight is 220 g/mol. The van der Waals surface area contributed by atoms with Gasteiger partial charge in [0.2, 0.25) is 0 Å². The molecule has 1 aromatic rings. The number of nitrogens with zero attached hydrogens (tertiary/aromatic N) is 2. The highest BCUT2D eigenvalue weighted by molar-refractivity contribution is 5.69. The molecule has 0 bridgehead atoms. The van der Waals surface area contributed by atoms with Crippen molar-refractivity contribution in [1.29, 1.82) is 0 Å². The summed E-state index contributed by atoms with van der Waals surface area (Å²) in [7, 11) is 0. The normalized spacial score (nSPS) is 20.8. The molecule has 0 spiro atoms. The maximum atomic E-state index is 10.8. The van der Waals surface area contributed by atoms with Crippen molar-refractivity contribution in [3.05, 3.63) is 17.7 Å². The first-order valence-corrected chi connectivity index (χ1v) is 6.03. The SMILES string of the molecule is O=C(O)Cc1nc(C2CCC2)cn1C1CC1. The van der Waals surface area contributed by atoms with Crippen LogP contribution in [0.3, 0.4) is 0 Å². The van der Waals surface area contributed by atoms with Crippen molar-refractivity contribution in [2.45, 2.75) is 50.5 Å². The van der Waals surface area contributed by atoms with Crippen LogP contribution < -0.4 is 0 Å². The van der Waals surface area contributed by atoms with Gasteiger partial charge in [-0.3, -0.25) is 4.79 Å². The largest absolute Gasteiger partial charge is 0.481 e. The van der Waals surface area contributed by atoms with Crippen LogP contribution in [-0.4, -0.2) is 20.6 Å². The van der Waals surface area contributed by atoms with E-state index in [2.05, 4.69) is 15.7 Å². The Hall–Kier alpha value is -1.32. The van der Waals surface area contributed by atoms with E-state index in [0.29, 0.717) is 12.0 Å². The average Bonchev–Trinajstić information content (AvgIpc) is 2.87. The van der Waals surface area contributed by atoms with Gasteiger partial charge in [0.25, 0.3) is 0 Å². The molecule has 3 rings (SSSR count). The summed E-state index contributed by atoms with van der Waals surface area (Å²) in [5.74, 6) is 0.553. The summed E-state index contributed by atoms with van der Waals surface area (Å²) < 4.78 is 2.10. The van der Waals surface area contributed by atoms with Gasteiger partial charge in [0.15, 0.2) is 0 Å². The summed E-state index contributed by atoms with van der Waals surface area (Å²) in [6, 6.07) is 0.524. The van der Waals surface area contributed by atoms with E-state index in [1.165, 1.54) is 32.1 Å². The third kappa shape index (κ3) is 1.72. The Morgan fingerprint density at radius 1 is 1.44 bits per heavy atom. The summed E-state index contributed by atoms with van der Waals surface area (Å²) in [4.78, 5) is 15.3. The van der Waals surface area contributed by atoms with Gasteiger partial charge in [-0.25, -0.2) is 4.98 Å². The minimum atomic E-state index is -0.785. The molecule has 0 aliphatic heterocycles. The maximum Gasteiger partial charge on any atom is 0.311 e. The minimum absolute atomic E-state index is 0.0587. The van der Waals surface area contributed by atoms with Gasteiger partial charge in [-0.15, -0.1) is 0 Å². The molecule has 2 aliphatic carbocycles. The smallest absolute Gasteiger partial charge is 0.311 e. The Morgan fingerprint density at radius 2 is 2.19 bits per heavy atom. The van der Waals surface area contributed by atoms with Crippen molar-refractivity contribution in [1.82, 2.24) is 9.55 Å². The molecule has 4 heteroatoms. The first-order chi connectivity index (χ1) is 7.74. The van der Waals surface area contributed by atoms with Crippen LogP contribution >= 0.6 is 0 Å². The Bertz CT molecular complexity index is 417. The summed E-state index contributed by atoms with van der Waals surface area (Å²) in [5, 5.41) is 8.86. The second-order valence-corrected chi connectivity index (χ2v) is 4.92. The Labute approximate surface area is 94.3 Å². The van der Waals surface area contributed by atoms with Crippen LogP contribution in [0.1, 0.15) is 55.6 Å². The predicted molar refractivity (Wildman–Crippen MR) is 58.4 cm³/mol. The fourth-order valence-corrected chi connectivity index (χ4v) is 2.29. The van der Waals surface area contributed by atoms with Gasteiger partial charge >= 0.3 is 5.97 Å². The zero-order valence-corrected chi connectivity index (χ0v) is 9.22. The molecular weight excluding hydrogens is 204 g/mol. The van der Waals surface area contributed by atoms with Crippen molar-refractivity contribution in [2.75, 3.05) is 0 Å². The molecule has 1 aromatic heterocycles. The molecule has 0 saturated heterocycles. The molecule has 0 unspecified atom stereocenters. The molecule has 2 fully saturated rings. The van der Waals surface area contributed by atoms with Gasteiger partial charge in [0.1, 0.15) is 12.2 Å². The van der Waals surface area contributed by atoms with Gasteiger partial charge in [0.05, 0.1) is 5.69 Å². The fraction of sp³-hybridized carbons (Fsp3) is 0.667. The molecule has 2 aliphatic rings. The van der Waals surface area contributed by atoms with Gasteiger partial charge < -0.3 is 9.67 Å². The molecule has 1 heterocycles. The minimum Gasteiger partial charge on any atom is -0.481 e. The lowest BCUT2D eigenvalue weighted by atomic mass is 9.83. The van der Waals surface area contributed by atoms with Gasteiger partial charge in [-0.1, -0.05) is 6.42 Å². The van der Waals surface area contributed by atoms with E-state index in [0.717, 1.165) is 11.5 Å². The number of hydrogen-bond acceptors (Lipinski definition) is 2. The van der Waals surface area contributed by atoms with Crippen molar-refractivity contribution < 1.29 is 9.90 Å². The molecule has 4 nitrogen and oxygen atoms in total. The van der Waals surface area contributed by atoms with Gasteiger partial charge in [-0.05, 0) is 25.7 Å². The quantitative estimate of drug-likeness (QED) is 0.845. The first kappa shape index (κ1) is 9.87. The van der Waals surface area contributed by atoms with E-state index < -0.39 is 5.97 Å². The van der Waals surface area contributed by atoms with E-state index in [1.807, 2.05) is 0 Å². The lowest BCUT2D eigenvalue weighted by Crippen LogP contribution is -2.09. The number of imidazole rings is 1. The third-order valence-corrected chi connectivity index (χ3v) is 3.60. The maximum absolute atomic E-state index is 10.8. The van der Waals surface area contributed by atoms with E-state index in [4.69, 9.17) is 5.11 Å². The lowest BCUT2D eigenvalue weighted by molar-refractivity contribution is -0.136. The zero-order chi connectivity index (χ0) is 11.1. The van der Waals surface area contributed by atoms with Crippen LogP contribution in [0.2, 0.25) is 0 Å². The molecule has 0 amide bonds. The first-order valence-electron chi connectivity index (χ1n) is 6.03. The standard InChI is InChI=1S/C12H16N2O2/c15-12(16)6-11-13-10(8-2-1-3-8)7-14(11)9-4-5-9/h7-9H,1-6H2,(H,15,16). The molecule has 0 radical (unpaired) electrons. The number of hydrogen-bond donors (Lipinski definition) is 1. The number of rotatable bonds is 4. The van der Waals surface area contributed by atoms with Gasteiger partial charge in [-0.2, -0.15) is 0 Å². The number of aromatic nitrogens is 2. The molecule has 0 aromatic carbocycles. The fourth-order valence-electron chi connectivity index (χ4n) is 2.29. The van der Waals surface area contributed by atoms with E-state index >= 15 is 0 Å². The Kier molecular flexibility index (Phi) is 2.23. The van der Waals surface area contributed by atoms with E-state index in [9.17, 15) is 4.79 Å². The summed E-state index contributed by atoms with van der Waals surface area (Å²) >= 11 is 0. The summed E-state index contributed by atoms with van der Waals surface area (Å²) in [6.07, 6.45) is 8.22. The van der Waals surface area contributed by atoms with Gasteiger partial charge in [0, 0.05) is 18.2 Å². The Balaban J connectivity index is 1.87. The Morgan fingerprint density at radius 3 is 2.69 bits per heavy atom. The van der Waals surface area contributed by atoms with Crippen LogP contribution in [0.15, 0.2) is 6.20 Å². The van der Waals surface area contributed by atoms with E-state index in [-0.39, 0.29) is 6.42 Å². The summed E-state index contributed by atoms with van der Waals surface area (Å²) in [5.41, 5.74) is 1.12. The predicted octanol–water partition coefficient (Wildman–Crippen LogP) is 2.11. The van der Waals surface area contributed by atoms with Crippen molar-refractivity contribution in [3.63, 3.8) is 0 Å². The lowest BCUT2D eigenvalue weighted by Gasteiger charge is -2.22. The second kappa shape index (κ2) is 3.61. The highest BCUT2D eigenvalue weighted by atomic mass is 16.4. The topological polar surface area (TPSA) is 55.1 Å². The summed E-state index contributed by atoms with van der Waals surface area (Å²) in [6.45, 7) is 0. The number of carbonyl (C=O) groups is 1. The monoisotopic (exact) mass is 220 g/mol. The number of carboxylic acid groups (broad SMARTS) is 1. The number of aliphatic carboxylic acids is 1. The van der Waals surface area contributed by atoms with Crippen LogP contribution in [0, 0.1) is 0 Å². The molecule has 1 N–H and O–H groups in total. The highest BCUT2D eigenvalue weighted by Crippen LogP contribution is 2.40. The zero-order valence-electron chi connectivity index (χ0n) is 9.22.